The molecule has 0 saturated heterocycles. The number of benzene rings is 1. The van der Waals surface area contributed by atoms with Gasteiger partial charge < -0.3 is 10.5 Å². The van der Waals surface area contributed by atoms with Crippen molar-refractivity contribution in [1.82, 2.24) is 9.78 Å². The minimum atomic E-state index is 0.286. The zero-order valence-corrected chi connectivity index (χ0v) is 11.1. The van der Waals surface area contributed by atoms with Gasteiger partial charge in [-0.15, -0.1) is 0 Å². The van der Waals surface area contributed by atoms with Crippen molar-refractivity contribution >= 4 is 5.82 Å². The number of methoxy groups -OCH3 is 1. The molecule has 5 nitrogen and oxygen atoms in total. The highest BCUT2D eigenvalue weighted by molar-refractivity contribution is 5.52. The second-order valence-corrected chi connectivity index (χ2v) is 4.40. The smallest absolute Gasteiger partial charge is 0.140 e. The van der Waals surface area contributed by atoms with Gasteiger partial charge in [0.1, 0.15) is 23.1 Å². The summed E-state index contributed by atoms with van der Waals surface area (Å²) in [6.07, 6.45) is 0. The summed E-state index contributed by atoms with van der Waals surface area (Å²) in [6, 6.07) is 10.2. The van der Waals surface area contributed by atoms with Gasteiger partial charge in [0.25, 0.3) is 0 Å². The average Bonchev–Trinajstić information content (AvgIpc) is 2.66. The quantitative estimate of drug-likeness (QED) is 0.905. The molecule has 1 aromatic heterocycles. The van der Waals surface area contributed by atoms with Gasteiger partial charge in [0.05, 0.1) is 13.2 Å². The first-order chi connectivity index (χ1) is 9.15. The van der Waals surface area contributed by atoms with Gasteiger partial charge >= 0.3 is 0 Å². The Hall–Kier alpha value is -2.32. The molecule has 0 saturated carbocycles. The maximum atomic E-state index is 9.11. The molecule has 2 rings (SSSR count). The number of nitrogens with zero attached hydrogens (tertiary/aromatic N) is 3. The van der Waals surface area contributed by atoms with Crippen LogP contribution >= 0.6 is 0 Å². The number of ether oxygens (including phenoxy) is 1. The number of nitrogens with two attached hydrogens (primary N) is 1. The number of aryl methyl sites for hydroxylation is 1. The standard InChI is InChI=1S/C14H16N4O/c1-10-4-3-5-11(6-10)8-18-14(16)12(7-15)13(17-18)9-19-2/h3-6H,8-9,16H2,1-2H3. The molecule has 0 bridgehead atoms. The van der Waals surface area contributed by atoms with Crippen LogP contribution in [0.1, 0.15) is 22.4 Å². The molecule has 0 aliphatic carbocycles. The first kappa shape index (κ1) is 13.1. The lowest BCUT2D eigenvalue weighted by atomic mass is 10.1. The van der Waals surface area contributed by atoms with E-state index in [0.29, 0.717) is 23.6 Å². The third-order valence-corrected chi connectivity index (χ3v) is 2.87. The summed E-state index contributed by atoms with van der Waals surface area (Å²) in [4.78, 5) is 0. The van der Waals surface area contributed by atoms with Crippen LogP contribution in [0.25, 0.3) is 0 Å². The normalized spacial score (nSPS) is 10.4. The van der Waals surface area contributed by atoms with Gasteiger partial charge in [-0.25, -0.2) is 4.68 Å². The Morgan fingerprint density at radius 2 is 2.26 bits per heavy atom. The maximum Gasteiger partial charge on any atom is 0.140 e. The molecule has 0 aliphatic heterocycles. The van der Waals surface area contributed by atoms with Crippen molar-refractivity contribution in [3.05, 3.63) is 46.6 Å². The Balaban J connectivity index is 2.33. The average molecular weight is 256 g/mol. The monoisotopic (exact) mass is 256 g/mol. The van der Waals surface area contributed by atoms with E-state index in [1.807, 2.05) is 25.1 Å². The summed E-state index contributed by atoms with van der Waals surface area (Å²) < 4.78 is 6.67. The number of anilines is 1. The van der Waals surface area contributed by atoms with E-state index in [0.717, 1.165) is 5.56 Å². The van der Waals surface area contributed by atoms with Crippen molar-refractivity contribution < 1.29 is 4.74 Å². The Bertz CT molecular complexity index is 625. The number of nitriles is 1. The molecular weight excluding hydrogens is 240 g/mol. The van der Waals surface area contributed by atoms with E-state index in [1.54, 1.807) is 11.8 Å². The van der Waals surface area contributed by atoms with E-state index in [-0.39, 0.29) is 6.61 Å². The minimum Gasteiger partial charge on any atom is -0.383 e. The lowest BCUT2D eigenvalue weighted by Gasteiger charge is -2.05. The minimum absolute atomic E-state index is 0.286. The van der Waals surface area contributed by atoms with E-state index in [1.165, 1.54) is 5.56 Å². The largest absolute Gasteiger partial charge is 0.383 e. The second-order valence-electron chi connectivity index (χ2n) is 4.40. The molecule has 0 unspecified atom stereocenters. The SMILES string of the molecule is COCc1nn(Cc2cccc(C)c2)c(N)c1C#N. The van der Waals surface area contributed by atoms with Crippen molar-refractivity contribution in [2.24, 2.45) is 0 Å². The Morgan fingerprint density at radius 3 is 2.89 bits per heavy atom. The maximum absolute atomic E-state index is 9.11. The number of hydrogen-bond donors (Lipinski definition) is 1. The molecular formula is C14H16N4O. The molecule has 0 amide bonds. The molecule has 0 fully saturated rings. The fourth-order valence-corrected chi connectivity index (χ4v) is 1.99. The van der Waals surface area contributed by atoms with Crippen LogP contribution in [0.2, 0.25) is 0 Å². The summed E-state index contributed by atoms with van der Waals surface area (Å²) in [5.74, 6) is 0.385. The van der Waals surface area contributed by atoms with Crippen molar-refractivity contribution in [2.75, 3.05) is 12.8 Å². The third-order valence-electron chi connectivity index (χ3n) is 2.87. The first-order valence-electron chi connectivity index (χ1n) is 5.95. The predicted molar refractivity (Wildman–Crippen MR) is 72.3 cm³/mol. The van der Waals surface area contributed by atoms with Crippen LogP contribution in [-0.4, -0.2) is 16.9 Å². The van der Waals surface area contributed by atoms with Gasteiger partial charge in [-0.1, -0.05) is 29.8 Å². The molecule has 98 valence electrons. The molecule has 0 radical (unpaired) electrons. The highest BCUT2D eigenvalue weighted by Gasteiger charge is 2.15. The van der Waals surface area contributed by atoms with Crippen LogP contribution in [-0.2, 0) is 17.9 Å². The van der Waals surface area contributed by atoms with Gasteiger partial charge in [-0.3, -0.25) is 0 Å². The highest BCUT2D eigenvalue weighted by Crippen LogP contribution is 2.18. The van der Waals surface area contributed by atoms with Crippen molar-refractivity contribution in [3.8, 4) is 6.07 Å². The molecule has 1 aromatic carbocycles. The second kappa shape index (κ2) is 5.55. The summed E-state index contributed by atoms with van der Waals surface area (Å²) in [7, 11) is 1.57. The molecule has 0 aliphatic rings. The zero-order valence-electron chi connectivity index (χ0n) is 11.1. The third kappa shape index (κ3) is 2.75. The molecule has 2 N–H and O–H groups in total. The topological polar surface area (TPSA) is 76.9 Å². The van der Waals surface area contributed by atoms with Crippen LogP contribution in [0.15, 0.2) is 24.3 Å². The van der Waals surface area contributed by atoms with E-state index >= 15 is 0 Å². The molecule has 1 heterocycles. The van der Waals surface area contributed by atoms with E-state index in [2.05, 4.69) is 17.2 Å². The summed E-state index contributed by atoms with van der Waals surface area (Å²) in [5.41, 5.74) is 9.21. The lowest BCUT2D eigenvalue weighted by molar-refractivity contribution is 0.180. The van der Waals surface area contributed by atoms with Crippen LogP contribution < -0.4 is 5.73 Å². The van der Waals surface area contributed by atoms with Gasteiger partial charge in [0.15, 0.2) is 0 Å². The molecule has 2 aromatic rings. The van der Waals surface area contributed by atoms with Gasteiger partial charge in [-0.05, 0) is 12.5 Å². The number of rotatable bonds is 4. The highest BCUT2D eigenvalue weighted by atomic mass is 16.5. The summed E-state index contributed by atoms with van der Waals surface area (Å²) >= 11 is 0. The summed E-state index contributed by atoms with van der Waals surface area (Å²) in [5, 5.41) is 13.4. The van der Waals surface area contributed by atoms with Crippen LogP contribution in [0.4, 0.5) is 5.82 Å². The molecule has 5 heteroatoms. The number of aromatic nitrogens is 2. The van der Waals surface area contributed by atoms with Gasteiger partial charge in [0, 0.05) is 7.11 Å². The molecule has 19 heavy (non-hydrogen) atoms. The lowest BCUT2D eigenvalue weighted by Crippen LogP contribution is -2.06. The van der Waals surface area contributed by atoms with E-state index < -0.39 is 0 Å². The van der Waals surface area contributed by atoms with Crippen LogP contribution in [0, 0.1) is 18.3 Å². The fraction of sp³-hybridized carbons (Fsp3) is 0.286. The van der Waals surface area contributed by atoms with E-state index in [4.69, 9.17) is 15.7 Å². The number of nitrogen functional groups attached to an aromatic ring is 1. The van der Waals surface area contributed by atoms with Gasteiger partial charge in [0.2, 0.25) is 0 Å². The zero-order chi connectivity index (χ0) is 13.8. The molecule has 0 spiro atoms. The Morgan fingerprint density at radius 1 is 1.47 bits per heavy atom. The van der Waals surface area contributed by atoms with Crippen LogP contribution in [0.3, 0.4) is 0 Å². The fourth-order valence-electron chi connectivity index (χ4n) is 1.99. The van der Waals surface area contributed by atoms with Crippen LogP contribution in [0.5, 0.6) is 0 Å². The predicted octanol–water partition coefficient (Wildman–Crippen LogP) is 1.84. The van der Waals surface area contributed by atoms with Gasteiger partial charge in [-0.2, -0.15) is 10.4 Å². The van der Waals surface area contributed by atoms with E-state index in [9.17, 15) is 0 Å². The first-order valence-corrected chi connectivity index (χ1v) is 5.95. The summed E-state index contributed by atoms with van der Waals surface area (Å²) in [6.45, 7) is 2.87. The Labute approximate surface area is 112 Å². The van der Waals surface area contributed by atoms with Crippen molar-refractivity contribution in [3.63, 3.8) is 0 Å². The molecule has 0 atom stereocenters. The Kier molecular flexibility index (Phi) is 3.83. The van der Waals surface area contributed by atoms with Crippen molar-refractivity contribution in [2.45, 2.75) is 20.1 Å². The van der Waals surface area contributed by atoms with Crippen molar-refractivity contribution in [1.29, 1.82) is 5.26 Å². The number of hydrogen-bond acceptors (Lipinski definition) is 4.